The molecule has 0 saturated heterocycles. The Balaban J connectivity index is 2.26. The molecule has 1 aromatic rings. The highest BCUT2D eigenvalue weighted by molar-refractivity contribution is 5.79. The van der Waals surface area contributed by atoms with Crippen LogP contribution in [0.2, 0.25) is 0 Å². The molecule has 6 heteroatoms. The normalized spacial score (nSPS) is 11.6. The van der Waals surface area contributed by atoms with E-state index in [1.54, 1.807) is 13.4 Å². The van der Waals surface area contributed by atoms with Crippen molar-refractivity contribution in [2.75, 3.05) is 13.6 Å². The fourth-order valence-electron chi connectivity index (χ4n) is 1.43. The zero-order valence-corrected chi connectivity index (χ0v) is 10.9. The molecule has 96 valence electrons. The van der Waals surface area contributed by atoms with Gasteiger partial charge >= 0.3 is 0 Å². The van der Waals surface area contributed by atoms with Gasteiger partial charge in [-0.15, -0.1) is 10.2 Å². The van der Waals surface area contributed by atoms with Gasteiger partial charge in [0.2, 0.25) is 0 Å². The maximum atomic E-state index is 4.15. The van der Waals surface area contributed by atoms with Crippen LogP contribution in [-0.4, -0.2) is 34.3 Å². The number of nitrogens with one attached hydrogen (secondary N) is 2. The van der Waals surface area contributed by atoms with Gasteiger partial charge < -0.3 is 15.2 Å². The Bertz CT molecular complexity index is 343. The lowest BCUT2D eigenvalue weighted by atomic mass is 10.2. The van der Waals surface area contributed by atoms with Crippen LogP contribution in [0.25, 0.3) is 0 Å². The van der Waals surface area contributed by atoms with Gasteiger partial charge in [-0.1, -0.05) is 19.8 Å². The maximum Gasteiger partial charge on any atom is 0.191 e. The Hall–Kier alpha value is -1.59. The Morgan fingerprint density at radius 2 is 2.24 bits per heavy atom. The molecular formula is C11H22N6. The van der Waals surface area contributed by atoms with Gasteiger partial charge in [-0.3, -0.25) is 4.99 Å². The molecule has 0 radical (unpaired) electrons. The molecule has 6 nitrogen and oxygen atoms in total. The molecule has 1 heterocycles. The highest BCUT2D eigenvalue weighted by atomic mass is 15.3. The summed E-state index contributed by atoms with van der Waals surface area (Å²) in [6.07, 6.45) is 5.33. The number of rotatable bonds is 6. The lowest BCUT2D eigenvalue weighted by Crippen LogP contribution is -2.37. The SMILES string of the molecule is CCCCCNC(=NC)NCc1nncn1C. The van der Waals surface area contributed by atoms with E-state index in [9.17, 15) is 0 Å². The van der Waals surface area contributed by atoms with Crippen LogP contribution < -0.4 is 10.6 Å². The lowest BCUT2D eigenvalue weighted by molar-refractivity contribution is 0.674. The van der Waals surface area contributed by atoms with Gasteiger partial charge in [-0.2, -0.15) is 0 Å². The van der Waals surface area contributed by atoms with Crippen LogP contribution in [0.1, 0.15) is 32.0 Å². The van der Waals surface area contributed by atoms with Crippen molar-refractivity contribution in [3.05, 3.63) is 12.2 Å². The van der Waals surface area contributed by atoms with E-state index < -0.39 is 0 Å². The summed E-state index contributed by atoms with van der Waals surface area (Å²) in [7, 11) is 3.69. The van der Waals surface area contributed by atoms with Crippen LogP contribution in [-0.2, 0) is 13.6 Å². The molecule has 0 aliphatic carbocycles. The first-order valence-corrected chi connectivity index (χ1v) is 6.05. The third-order valence-electron chi connectivity index (χ3n) is 2.52. The fourth-order valence-corrected chi connectivity index (χ4v) is 1.43. The van der Waals surface area contributed by atoms with Crippen molar-refractivity contribution in [1.29, 1.82) is 0 Å². The first-order valence-electron chi connectivity index (χ1n) is 6.05. The van der Waals surface area contributed by atoms with Crippen molar-refractivity contribution in [1.82, 2.24) is 25.4 Å². The lowest BCUT2D eigenvalue weighted by Gasteiger charge is -2.11. The molecule has 0 bridgehead atoms. The summed E-state index contributed by atoms with van der Waals surface area (Å²) in [4.78, 5) is 4.15. The van der Waals surface area contributed by atoms with Gasteiger partial charge in [0.1, 0.15) is 6.33 Å². The summed E-state index contributed by atoms with van der Waals surface area (Å²) < 4.78 is 1.89. The minimum absolute atomic E-state index is 0.629. The molecule has 0 saturated carbocycles. The molecule has 0 atom stereocenters. The van der Waals surface area contributed by atoms with Crippen LogP contribution >= 0.6 is 0 Å². The topological polar surface area (TPSA) is 67.1 Å². The molecule has 0 aliphatic heterocycles. The van der Waals surface area contributed by atoms with Gasteiger partial charge in [-0.25, -0.2) is 0 Å². The number of unbranched alkanes of at least 4 members (excludes halogenated alkanes) is 2. The van der Waals surface area contributed by atoms with E-state index in [-0.39, 0.29) is 0 Å². The number of aromatic nitrogens is 3. The first-order chi connectivity index (χ1) is 8.27. The number of guanidine groups is 1. The second-order valence-electron chi connectivity index (χ2n) is 3.92. The van der Waals surface area contributed by atoms with E-state index in [2.05, 4.69) is 32.7 Å². The summed E-state index contributed by atoms with van der Waals surface area (Å²) in [5, 5.41) is 14.3. The average Bonchev–Trinajstić information content (AvgIpc) is 2.74. The molecule has 0 unspecified atom stereocenters. The molecular weight excluding hydrogens is 216 g/mol. The summed E-state index contributed by atoms with van der Waals surface area (Å²) >= 11 is 0. The van der Waals surface area contributed by atoms with Gasteiger partial charge in [0.25, 0.3) is 0 Å². The van der Waals surface area contributed by atoms with Crippen molar-refractivity contribution >= 4 is 5.96 Å². The Labute approximate surface area is 103 Å². The van der Waals surface area contributed by atoms with Crippen LogP contribution in [0.3, 0.4) is 0 Å². The third-order valence-corrected chi connectivity index (χ3v) is 2.52. The molecule has 1 aromatic heterocycles. The number of hydrogen-bond donors (Lipinski definition) is 2. The second kappa shape index (κ2) is 7.65. The van der Waals surface area contributed by atoms with Gasteiger partial charge in [0.05, 0.1) is 6.54 Å². The minimum Gasteiger partial charge on any atom is -0.356 e. The Morgan fingerprint density at radius 1 is 1.41 bits per heavy atom. The molecule has 1 rings (SSSR count). The smallest absolute Gasteiger partial charge is 0.191 e. The number of nitrogens with zero attached hydrogens (tertiary/aromatic N) is 4. The zero-order valence-electron chi connectivity index (χ0n) is 10.9. The van der Waals surface area contributed by atoms with Crippen LogP contribution in [0.5, 0.6) is 0 Å². The third kappa shape index (κ3) is 4.84. The summed E-state index contributed by atoms with van der Waals surface area (Å²) in [6, 6.07) is 0. The van der Waals surface area contributed by atoms with Gasteiger partial charge in [0.15, 0.2) is 11.8 Å². The number of aryl methyl sites for hydroxylation is 1. The van der Waals surface area contributed by atoms with E-state index in [0.29, 0.717) is 6.54 Å². The van der Waals surface area contributed by atoms with Crippen LogP contribution in [0.15, 0.2) is 11.3 Å². The predicted molar refractivity (Wildman–Crippen MR) is 68.7 cm³/mol. The Kier molecular flexibility index (Phi) is 6.06. The molecule has 0 aliphatic rings. The van der Waals surface area contributed by atoms with Crippen molar-refractivity contribution in [2.24, 2.45) is 12.0 Å². The fraction of sp³-hybridized carbons (Fsp3) is 0.727. The minimum atomic E-state index is 0.629. The standard InChI is InChI=1S/C11H22N6/c1-4-5-6-7-13-11(12-2)14-8-10-16-15-9-17(10)3/h9H,4-8H2,1-3H3,(H2,12,13,14). The summed E-state index contributed by atoms with van der Waals surface area (Å²) in [5.41, 5.74) is 0. The second-order valence-corrected chi connectivity index (χ2v) is 3.92. The van der Waals surface area contributed by atoms with E-state index >= 15 is 0 Å². The molecule has 2 N–H and O–H groups in total. The van der Waals surface area contributed by atoms with Crippen LogP contribution in [0, 0.1) is 0 Å². The highest BCUT2D eigenvalue weighted by Gasteiger charge is 2.01. The van der Waals surface area contributed by atoms with E-state index in [0.717, 1.165) is 18.3 Å². The van der Waals surface area contributed by atoms with Gasteiger partial charge in [-0.05, 0) is 6.42 Å². The van der Waals surface area contributed by atoms with E-state index in [1.807, 2.05) is 11.6 Å². The van der Waals surface area contributed by atoms with Crippen molar-refractivity contribution in [3.63, 3.8) is 0 Å². The molecule has 0 fully saturated rings. The van der Waals surface area contributed by atoms with Gasteiger partial charge in [0, 0.05) is 20.6 Å². The summed E-state index contributed by atoms with van der Waals surface area (Å²) in [5.74, 6) is 1.70. The predicted octanol–water partition coefficient (Wildman–Crippen LogP) is 0.670. The molecule has 0 aromatic carbocycles. The molecule has 17 heavy (non-hydrogen) atoms. The first kappa shape index (κ1) is 13.5. The number of hydrogen-bond acceptors (Lipinski definition) is 3. The molecule has 0 amide bonds. The largest absolute Gasteiger partial charge is 0.356 e. The van der Waals surface area contributed by atoms with E-state index in [4.69, 9.17) is 0 Å². The van der Waals surface area contributed by atoms with Crippen molar-refractivity contribution < 1.29 is 0 Å². The summed E-state index contributed by atoms with van der Waals surface area (Å²) in [6.45, 7) is 3.78. The van der Waals surface area contributed by atoms with Crippen LogP contribution in [0.4, 0.5) is 0 Å². The molecule has 0 spiro atoms. The maximum absolute atomic E-state index is 4.15. The van der Waals surface area contributed by atoms with Crippen molar-refractivity contribution in [3.8, 4) is 0 Å². The quantitative estimate of drug-likeness (QED) is 0.434. The van der Waals surface area contributed by atoms with Crippen molar-refractivity contribution in [2.45, 2.75) is 32.7 Å². The monoisotopic (exact) mass is 238 g/mol. The number of aliphatic imine (C=N–C) groups is 1. The zero-order chi connectivity index (χ0) is 12.5. The highest BCUT2D eigenvalue weighted by Crippen LogP contribution is 1.92. The van der Waals surface area contributed by atoms with E-state index in [1.165, 1.54) is 19.3 Å². The average molecular weight is 238 g/mol. The Morgan fingerprint density at radius 3 is 2.82 bits per heavy atom.